The largest absolute Gasteiger partial charge is 0.313 e. The number of aliphatic imine (C=N–C) groups is 1. The van der Waals surface area contributed by atoms with Crippen LogP contribution in [-0.2, 0) is 10.0 Å². The molecule has 1 N–H and O–H groups in total. The molecule has 2 aliphatic rings. The van der Waals surface area contributed by atoms with Crippen molar-refractivity contribution >= 4 is 44.6 Å². The van der Waals surface area contributed by atoms with Gasteiger partial charge < -0.3 is 4.90 Å². The van der Waals surface area contributed by atoms with Crippen molar-refractivity contribution in [2.24, 2.45) is 4.99 Å². The Labute approximate surface area is 115 Å². The first kappa shape index (κ1) is 12.3. The van der Waals surface area contributed by atoms with Crippen LogP contribution in [0.4, 0.5) is 5.69 Å². The molecule has 0 unspecified atom stereocenters. The van der Waals surface area contributed by atoms with E-state index in [4.69, 9.17) is 11.6 Å². The van der Waals surface area contributed by atoms with Crippen molar-refractivity contribution in [2.45, 2.75) is 29.5 Å². The number of hydrogen-bond acceptors (Lipinski definition) is 4. The fourth-order valence-corrected chi connectivity index (χ4v) is 4.70. The van der Waals surface area contributed by atoms with Crippen molar-refractivity contribution in [2.75, 3.05) is 11.9 Å². The first-order valence-corrected chi connectivity index (χ1v) is 8.14. The molecule has 0 bridgehead atoms. The Morgan fingerprint density at radius 1 is 1.56 bits per heavy atom. The third-order valence-corrected chi connectivity index (χ3v) is 6.25. The highest BCUT2D eigenvalue weighted by atomic mass is 35.5. The Bertz CT molecular complexity index is 646. The van der Waals surface area contributed by atoms with E-state index in [1.54, 1.807) is 18.0 Å². The van der Waals surface area contributed by atoms with Gasteiger partial charge in [-0.25, -0.2) is 18.1 Å². The number of nitrogens with zero attached hydrogens (tertiary/aromatic N) is 2. The van der Waals surface area contributed by atoms with E-state index in [-0.39, 0.29) is 9.75 Å². The number of halogens is 1. The quantitative estimate of drug-likeness (QED) is 0.863. The second-order valence-electron chi connectivity index (χ2n) is 4.82. The summed E-state index contributed by atoms with van der Waals surface area (Å²) in [6.45, 7) is 2.01. The maximum atomic E-state index is 12.1. The Kier molecular flexibility index (Phi) is 2.46. The van der Waals surface area contributed by atoms with E-state index in [9.17, 15) is 8.42 Å². The first-order valence-electron chi connectivity index (χ1n) is 5.46. The lowest BCUT2D eigenvalue weighted by atomic mass is 10.3. The molecular weight excluding hydrogens is 294 g/mol. The molecule has 0 atom stereocenters. The Hall–Kier alpha value is -0.790. The molecule has 1 aromatic rings. The van der Waals surface area contributed by atoms with Gasteiger partial charge in [0.05, 0.1) is 15.6 Å². The standard InChI is InChI=1S/C10H12ClN3O2S2/c1-10(3-4-10)12-9-13-18(15,16)8-6(14(9)2)5-7(11)17-8/h5H,3-4H2,1-2H3,(H,12,13). The average Bonchev–Trinajstić information content (AvgIpc) is 2.83. The van der Waals surface area contributed by atoms with Gasteiger partial charge in [0.25, 0.3) is 10.0 Å². The van der Waals surface area contributed by atoms with Crippen molar-refractivity contribution in [1.82, 2.24) is 4.72 Å². The smallest absolute Gasteiger partial charge is 0.275 e. The molecule has 1 aliphatic carbocycles. The number of rotatable bonds is 1. The van der Waals surface area contributed by atoms with Crippen LogP contribution in [0.25, 0.3) is 0 Å². The molecule has 0 saturated heterocycles. The van der Waals surface area contributed by atoms with Gasteiger partial charge in [0.1, 0.15) is 0 Å². The zero-order chi connectivity index (χ0) is 13.1. The molecule has 98 valence electrons. The van der Waals surface area contributed by atoms with Gasteiger partial charge in [-0.1, -0.05) is 11.6 Å². The zero-order valence-electron chi connectivity index (χ0n) is 9.90. The molecule has 0 radical (unpaired) electrons. The zero-order valence-corrected chi connectivity index (χ0v) is 12.3. The fraction of sp³-hybridized carbons (Fsp3) is 0.500. The van der Waals surface area contributed by atoms with Gasteiger partial charge >= 0.3 is 0 Å². The van der Waals surface area contributed by atoms with E-state index in [0.717, 1.165) is 24.2 Å². The van der Waals surface area contributed by atoms with Crippen LogP contribution in [0.2, 0.25) is 4.34 Å². The third kappa shape index (κ3) is 1.90. The molecule has 8 heteroatoms. The van der Waals surface area contributed by atoms with Gasteiger partial charge in [-0.2, -0.15) is 0 Å². The van der Waals surface area contributed by atoms with Crippen LogP contribution in [0.1, 0.15) is 19.8 Å². The number of nitrogens with one attached hydrogen (secondary N) is 1. The van der Waals surface area contributed by atoms with Gasteiger partial charge in [0.2, 0.25) is 5.96 Å². The van der Waals surface area contributed by atoms with Crippen molar-refractivity contribution in [3.05, 3.63) is 10.4 Å². The van der Waals surface area contributed by atoms with Crippen molar-refractivity contribution < 1.29 is 8.42 Å². The summed E-state index contributed by atoms with van der Waals surface area (Å²) in [6.07, 6.45) is 1.98. The maximum absolute atomic E-state index is 12.1. The van der Waals surface area contributed by atoms with Crippen molar-refractivity contribution in [1.29, 1.82) is 0 Å². The summed E-state index contributed by atoms with van der Waals surface area (Å²) >= 11 is 6.95. The summed E-state index contributed by atoms with van der Waals surface area (Å²) in [5, 5.41) is 0. The molecule has 1 saturated carbocycles. The van der Waals surface area contributed by atoms with Crippen molar-refractivity contribution in [3.8, 4) is 0 Å². The van der Waals surface area contributed by atoms with Crippen LogP contribution < -0.4 is 9.62 Å². The minimum atomic E-state index is -3.54. The molecule has 0 aromatic carbocycles. The highest BCUT2D eigenvalue weighted by Gasteiger charge is 2.40. The molecule has 2 heterocycles. The Morgan fingerprint density at radius 2 is 2.22 bits per heavy atom. The van der Waals surface area contributed by atoms with Crippen LogP contribution in [0.15, 0.2) is 15.3 Å². The average molecular weight is 306 g/mol. The second-order valence-corrected chi connectivity index (χ2v) is 8.38. The predicted octanol–water partition coefficient (Wildman–Crippen LogP) is 2.04. The number of guanidine groups is 1. The number of thiophene rings is 1. The lowest BCUT2D eigenvalue weighted by Crippen LogP contribution is -2.47. The van der Waals surface area contributed by atoms with Crippen LogP contribution in [-0.4, -0.2) is 27.0 Å². The van der Waals surface area contributed by atoms with E-state index in [1.165, 1.54) is 0 Å². The van der Waals surface area contributed by atoms with Crippen LogP contribution >= 0.6 is 22.9 Å². The molecule has 1 fully saturated rings. The number of fused-ring (bicyclic) bond motifs is 1. The highest BCUT2D eigenvalue weighted by molar-refractivity contribution is 7.92. The molecule has 1 aliphatic heterocycles. The van der Waals surface area contributed by atoms with E-state index < -0.39 is 10.0 Å². The summed E-state index contributed by atoms with van der Waals surface area (Å²) in [7, 11) is -1.75. The van der Waals surface area contributed by atoms with Crippen LogP contribution in [0.5, 0.6) is 0 Å². The van der Waals surface area contributed by atoms with Gasteiger partial charge in [0.15, 0.2) is 4.21 Å². The van der Waals surface area contributed by atoms with Gasteiger partial charge in [-0.15, -0.1) is 11.3 Å². The Balaban J connectivity index is 2.12. The van der Waals surface area contributed by atoms with E-state index in [2.05, 4.69) is 9.71 Å². The number of hydrogen-bond donors (Lipinski definition) is 1. The Morgan fingerprint density at radius 3 is 2.83 bits per heavy atom. The lowest BCUT2D eigenvalue weighted by molar-refractivity contribution is 0.592. The van der Waals surface area contributed by atoms with Gasteiger partial charge in [0, 0.05) is 7.05 Å². The van der Waals surface area contributed by atoms with E-state index in [1.807, 2.05) is 6.92 Å². The first-order chi connectivity index (χ1) is 8.31. The summed E-state index contributed by atoms with van der Waals surface area (Å²) < 4.78 is 27.4. The lowest BCUT2D eigenvalue weighted by Gasteiger charge is -2.27. The fourth-order valence-electron chi connectivity index (χ4n) is 1.76. The summed E-state index contributed by atoms with van der Waals surface area (Å²) in [6, 6.07) is 1.66. The van der Waals surface area contributed by atoms with E-state index in [0.29, 0.717) is 16.0 Å². The number of anilines is 1. The van der Waals surface area contributed by atoms with Crippen molar-refractivity contribution in [3.63, 3.8) is 0 Å². The van der Waals surface area contributed by atoms with Crippen LogP contribution in [0.3, 0.4) is 0 Å². The minimum Gasteiger partial charge on any atom is -0.313 e. The monoisotopic (exact) mass is 305 g/mol. The molecule has 0 amide bonds. The highest BCUT2D eigenvalue weighted by Crippen LogP contribution is 2.42. The third-order valence-electron chi connectivity index (χ3n) is 3.15. The van der Waals surface area contributed by atoms with Gasteiger partial charge in [-0.05, 0) is 25.8 Å². The van der Waals surface area contributed by atoms with Gasteiger partial charge in [-0.3, -0.25) is 0 Å². The minimum absolute atomic E-state index is 0.122. The SMILES string of the molecule is CN1C(=NC2(C)CC2)NS(=O)(=O)c2sc(Cl)cc21. The topological polar surface area (TPSA) is 61.8 Å². The second kappa shape index (κ2) is 3.61. The predicted molar refractivity (Wildman–Crippen MR) is 73.1 cm³/mol. The molecule has 18 heavy (non-hydrogen) atoms. The number of sulfonamides is 1. The normalized spacial score (nSPS) is 25.7. The molecular formula is C10H12ClN3O2S2. The summed E-state index contributed by atoms with van der Waals surface area (Å²) in [4.78, 5) is 6.22. The molecule has 3 rings (SSSR count). The molecule has 0 spiro atoms. The maximum Gasteiger partial charge on any atom is 0.275 e. The summed E-state index contributed by atoms with van der Waals surface area (Å²) in [5.74, 6) is 0.372. The van der Waals surface area contributed by atoms with Crippen LogP contribution in [0, 0.1) is 0 Å². The van der Waals surface area contributed by atoms with E-state index >= 15 is 0 Å². The summed E-state index contributed by atoms with van der Waals surface area (Å²) in [5.41, 5.74) is 0.468. The molecule has 5 nitrogen and oxygen atoms in total. The molecule has 1 aromatic heterocycles.